The zero-order valence-electron chi connectivity index (χ0n) is 30.1. The molecule has 53 heavy (non-hydrogen) atoms. The molecule has 4 amide bonds. The summed E-state index contributed by atoms with van der Waals surface area (Å²) >= 11 is 0. The second kappa shape index (κ2) is 15.1. The number of nitrogens with zero attached hydrogens (tertiary/aromatic N) is 2. The van der Waals surface area contributed by atoms with Crippen LogP contribution in [-0.4, -0.2) is 100 Å². The first-order valence-electron chi connectivity index (χ1n) is 18.3. The third kappa shape index (κ3) is 8.34. The van der Waals surface area contributed by atoms with Crippen molar-refractivity contribution < 1.29 is 37.5 Å². The summed E-state index contributed by atoms with van der Waals surface area (Å²) in [5.74, 6) is -5.26. The van der Waals surface area contributed by atoms with Gasteiger partial charge >= 0.3 is 0 Å². The number of sulfone groups is 1. The number of carbonyl (C=O) groups excluding carboxylic acids is 5. The van der Waals surface area contributed by atoms with Crippen LogP contribution >= 0.6 is 0 Å². The van der Waals surface area contributed by atoms with Gasteiger partial charge in [-0.2, -0.15) is 0 Å². The van der Waals surface area contributed by atoms with Crippen LogP contribution in [0, 0.1) is 5.92 Å². The minimum Gasteiger partial charge on any atom is -0.384 e. The molecule has 6 rings (SSSR count). The number of hydrogen-bond donors (Lipinski definition) is 6. The molecule has 0 radical (unpaired) electrons. The van der Waals surface area contributed by atoms with Crippen LogP contribution in [0.2, 0.25) is 0 Å². The Hall–Kier alpha value is -4.54. The number of Topliss-reactive ketones (excluding diaryl/α,β-unsaturated/α-hetero) is 1. The largest absolute Gasteiger partial charge is 0.384 e. The highest BCUT2D eigenvalue weighted by atomic mass is 32.2. The fraction of sp³-hybridized carbons (Fsp3) is 0.541. The molecule has 2 saturated heterocycles. The maximum absolute atomic E-state index is 14.8. The van der Waals surface area contributed by atoms with Gasteiger partial charge in [0.25, 0.3) is 11.8 Å². The van der Waals surface area contributed by atoms with E-state index in [0.717, 1.165) is 42.9 Å². The number of aliphatic hydroxyl groups is 1. The Labute approximate surface area is 308 Å². The summed E-state index contributed by atoms with van der Waals surface area (Å²) in [5, 5.41) is 19.9. The number of primary amides is 1. The van der Waals surface area contributed by atoms with E-state index in [0.29, 0.717) is 17.7 Å². The van der Waals surface area contributed by atoms with Crippen LogP contribution in [0.25, 0.3) is 10.8 Å². The van der Waals surface area contributed by atoms with Crippen LogP contribution in [0.1, 0.15) is 82.0 Å². The summed E-state index contributed by atoms with van der Waals surface area (Å²) in [6, 6.07) is 10.1. The van der Waals surface area contributed by atoms with Crippen molar-refractivity contribution in [3.8, 4) is 0 Å². The summed E-state index contributed by atoms with van der Waals surface area (Å²) in [5.41, 5.74) is 8.60. The maximum atomic E-state index is 14.8. The second-order valence-corrected chi connectivity index (χ2v) is 17.6. The second-order valence-electron chi connectivity index (χ2n) is 15.4. The monoisotopic (exact) mass is 751 g/mol. The quantitative estimate of drug-likeness (QED) is 0.178. The predicted molar refractivity (Wildman–Crippen MR) is 196 cm³/mol. The van der Waals surface area contributed by atoms with E-state index < -0.39 is 74.3 Å². The van der Waals surface area contributed by atoms with E-state index in [2.05, 4.69) is 21.6 Å². The van der Waals surface area contributed by atoms with E-state index in [1.165, 1.54) is 4.90 Å². The van der Waals surface area contributed by atoms with Gasteiger partial charge in [-0.15, -0.1) is 5.53 Å². The van der Waals surface area contributed by atoms with Gasteiger partial charge in [0.1, 0.15) is 23.2 Å². The number of amides is 4. The van der Waals surface area contributed by atoms with E-state index >= 15 is 0 Å². The molecule has 3 heterocycles. The smallest absolute Gasteiger partial charge is 0.287 e. The third-order valence-electron chi connectivity index (χ3n) is 11.0. The van der Waals surface area contributed by atoms with Crippen molar-refractivity contribution >= 4 is 50.0 Å². The molecule has 0 bridgehead atoms. The number of likely N-dealkylation sites (tertiary alicyclic amines) is 1. The highest BCUT2D eigenvalue weighted by Crippen LogP contribution is 2.33. The van der Waals surface area contributed by atoms with Crippen molar-refractivity contribution in [1.29, 1.82) is 0 Å². The first-order valence-corrected chi connectivity index (χ1v) is 20.1. The van der Waals surface area contributed by atoms with Crippen LogP contribution < -0.4 is 27.3 Å². The van der Waals surface area contributed by atoms with E-state index in [-0.39, 0.29) is 37.5 Å². The fourth-order valence-corrected chi connectivity index (χ4v) is 10.1. The molecule has 15 nitrogen and oxygen atoms in total. The summed E-state index contributed by atoms with van der Waals surface area (Å²) in [7, 11) is -3.83. The van der Waals surface area contributed by atoms with Crippen LogP contribution in [0.5, 0.6) is 0 Å². The average molecular weight is 752 g/mol. The van der Waals surface area contributed by atoms with Crippen molar-refractivity contribution in [3.63, 3.8) is 0 Å². The minimum absolute atomic E-state index is 0.00202. The standard InChI is InChI=1S/C37H49N7O8S/c1-36(2,50)30-20-39-42-44(30)27-19-29(34(48)41-37(31(45)32(38)46)15-8-16-53(51,52)22-37)43(21-27)35(49)28(17-23-9-4-3-5-10-23)40-33(47)26-14-13-24-11-6-7-12-25(24)18-26/h6-7,11-14,18,20,23,27-29,39,42,50H,3-5,8-10,15-17,19,21-22H2,1-2H3,(H2,38,46)(H,40,47)(H,41,48)/t27-,28+,29-,37?/m0/s1. The Bertz CT molecular complexity index is 1920. The molecule has 4 atom stereocenters. The van der Waals surface area contributed by atoms with Crippen molar-refractivity contribution in [1.82, 2.24) is 31.5 Å². The summed E-state index contributed by atoms with van der Waals surface area (Å²) in [4.78, 5) is 69.8. The van der Waals surface area contributed by atoms with Crippen molar-refractivity contribution in [2.75, 3.05) is 18.1 Å². The Morgan fingerprint density at radius 1 is 1.04 bits per heavy atom. The van der Waals surface area contributed by atoms with Crippen molar-refractivity contribution in [3.05, 3.63) is 59.9 Å². The molecule has 2 aromatic carbocycles. The van der Waals surface area contributed by atoms with Crippen molar-refractivity contribution in [2.45, 2.75) is 101 Å². The lowest BCUT2D eigenvalue weighted by Gasteiger charge is -2.37. The van der Waals surface area contributed by atoms with Gasteiger partial charge in [0.2, 0.25) is 17.6 Å². The molecule has 4 aliphatic rings. The maximum Gasteiger partial charge on any atom is 0.287 e. The molecule has 3 fully saturated rings. The van der Waals surface area contributed by atoms with Gasteiger partial charge in [-0.1, -0.05) is 62.4 Å². The van der Waals surface area contributed by atoms with Gasteiger partial charge < -0.3 is 31.8 Å². The van der Waals surface area contributed by atoms with E-state index in [9.17, 15) is 37.5 Å². The summed E-state index contributed by atoms with van der Waals surface area (Å²) in [6.45, 7) is 3.16. The third-order valence-corrected chi connectivity index (χ3v) is 12.8. The van der Waals surface area contributed by atoms with E-state index in [4.69, 9.17) is 5.73 Å². The van der Waals surface area contributed by atoms with E-state index in [1.54, 1.807) is 37.2 Å². The predicted octanol–water partition coefficient (Wildman–Crippen LogP) is 0.933. The summed E-state index contributed by atoms with van der Waals surface area (Å²) < 4.78 is 25.6. The molecule has 1 unspecified atom stereocenters. The number of nitrogens with one attached hydrogen (secondary N) is 4. The number of rotatable bonds is 11. The van der Waals surface area contributed by atoms with Gasteiger partial charge in [0, 0.05) is 24.7 Å². The molecule has 2 aromatic rings. The lowest BCUT2D eigenvalue weighted by Crippen LogP contribution is -2.66. The lowest BCUT2D eigenvalue weighted by atomic mass is 9.84. The van der Waals surface area contributed by atoms with Gasteiger partial charge in [0.05, 0.1) is 23.2 Å². The topological polar surface area (TPSA) is 220 Å². The zero-order valence-corrected chi connectivity index (χ0v) is 30.9. The molecule has 1 saturated carbocycles. The van der Waals surface area contributed by atoms with Gasteiger partial charge in [-0.3, -0.25) is 29.0 Å². The molecule has 0 spiro atoms. The average Bonchev–Trinajstić information content (AvgIpc) is 3.79. The first kappa shape index (κ1) is 38.2. The summed E-state index contributed by atoms with van der Waals surface area (Å²) in [6.07, 6.45) is 6.67. The van der Waals surface area contributed by atoms with Gasteiger partial charge in [0.15, 0.2) is 9.84 Å². The highest BCUT2D eigenvalue weighted by molar-refractivity contribution is 7.91. The van der Waals surface area contributed by atoms with Crippen LogP contribution in [0.3, 0.4) is 0 Å². The van der Waals surface area contributed by atoms with E-state index in [1.807, 2.05) is 30.3 Å². The number of nitrogens with two attached hydrogens (primary N) is 1. The Balaban J connectivity index is 1.33. The number of hydrogen-bond acceptors (Lipinski definition) is 11. The minimum atomic E-state index is -3.83. The molecular formula is C37H49N7O8S. The first-order chi connectivity index (χ1) is 25.1. The lowest BCUT2D eigenvalue weighted by molar-refractivity contribution is -0.144. The SMILES string of the molecule is CC(C)(O)C1=CNNN1[C@H]1C[C@@H](C(=O)NC2(C(=O)C(N)=O)CCCS(=O)(=O)C2)N(C(=O)[C@@H](CC2CCCCC2)NC(=O)c2ccc3ccccc3c2)C1. The number of hydrazine groups is 2. The number of benzene rings is 2. The zero-order chi connectivity index (χ0) is 38.1. The highest BCUT2D eigenvalue weighted by Gasteiger charge is 2.52. The Kier molecular flexibility index (Phi) is 10.9. The molecule has 1 aliphatic carbocycles. The number of ketones is 1. The van der Waals surface area contributed by atoms with Gasteiger partial charge in [-0.25, -0.2) is 8.42 Å². The Morgan fingerprint density at radius 3 is 2.43 bits per heavy atom. The normalized spacial score (nSPS) is 25.3. The molecule has 286 valence electrons. The van der Waals surface area contributed by atoms with Gasteiger partial charge in [-0.05, 0) is 61.9 Å². The molecular weight excluding hydrogens is 703 g/mol. The molecule has 16 heteroatoms. The van der Waals surface area contributed by atoms with Crippen LogP contribution in [0.15, 0.2) is 54.4 Å². The molecule has 0 aromatic heterocycles. The van der Waals surface area contributed by atoms with Crippen LogP contribution in [-0.2, 0) is 29.0 Å². The number of fused-ring (bicyclic) bond motifs is 1. The Morgan fingerprint density at radius 2 is 1.75 bits per heavy atom. The fourth-order valence-electron chi connectivity index (χ4n) is 8.31. The molecule has 3 aliphatic heterocycles. The van der Waals surface area contributed by atoms with Crippen molar-refractivity contribution in [2.24, 2.45) is 11.7 Å². The molecule has 7 N–H and O–H groups in total. The van der Waals surface area contributed by atoms with Crippen LogP contribution in [0.4, 0.5) is 0 Å². The number of carbonyl (C=O) groups is 5.